The number of methoxy groups -OCH3 is 1. The number of esters is 1. The zero-order valence-corrected chi connectivity index (χ0v) is 11.6. The van der Waals surface area contributed by atoms with Crippen molar-refractivity contribution in [2.75, 3.05) is 20.3 Å². The lowest BCUT2D eigenvalue weighted by molar-refractivity contribution is -0.156. The van der Waals surface area contributed by atoms with Gasteiger partial charge in [-0.25, -0.2) is 4.79 Å². The van der Waals surface area contributed by atoms with Crippen LogP contribution < -0.4 is 5.32 Å². The molecule has 0 aliphatic heterocycles. The van der Waals surface area contributed by atoms with Crippen LogP contribution in [0.5, 0.6) is 0 Å². The molecular weight excluding hydrogens is 218 g/mol. The fourth-order valence-corrected chi connectivity index (χ4v) is 2.02. The Morgan fingerprint density at radius 3 is 2.29 bits per heavy atom. The van der Waals surface area contributed by atoms with Crippen molar-refractivity contribution in [2.24, 2.45) is 5.92 Å². The molecule has 4 nitrogen and oxygen atoms in total. The van der Waals surface area contributed by atoms with Gasteiger partial charge >= 0.3 is 5.97 Å². The zero-order chi connectivity index (χ0) is 13.1. The largest absolute Gasteiger partial charge is 0.468 e. The highest BCUT2D eigenvalue weighted by molar-refractivity contribution is 5.82. The van der Waals surface area contributed by atoms with Gasteiger partial charge in [-0.3, -0.25) is 5.32 Å². The maximum atomic E-state index is 12.1. The first-order valence-corrected chi connectivity index (χ1v) is 6.33. The van der Waals surface area contributed by atoms with Gasteiger partial charge in [-0.2, -0.15) is 0 Å². The first-order valence-electron chi connectivity index (χ1n) is 6.33. The van der Waals surface area contributed by atoms with E-state index in [1.807, 2.05) is 27.7 Å². The van der Waals surface area contributed by atoms with E-state index in [1.165, 1.54) is 7.11 Å². The monoisotopic (exact) mass is 243 g/mol. The average molecular weight is 243 g/mol. The van der Waals surface area contributed by atoms with E-state index >= 15 is 0 Å². The molecule has 1 unspecified atom stereocenters. The fraction of sp³-hybridized carbons (Fsp3) is 0.923. The van der Waals surface area contributed by atoms with Gasteiger partial charge in [0.2, 0.25) is 0 Å². The number of nitrogens with one attached hydrogen (secondary N) is 1. The van der Waals surface area contributed by atoms with Crippen molar-refractivity contribution >= 4 is 5.97 Å². The smallest absolute Gasteiger partial charge is 0.328 e. The molecule has 4 heteroatoms. The summed E-state index contributed by atoms with van der Waals surface area (Å²) in [5.74, 6) is 0.142. The number of carbonyl (C=O) groups excluding carboxylic acids is 1. The summed E-state index contributed by atoms with van der Waals surface area (Å²) in [6.45, 7) is 9.09. The molecule has 1 N–H and O–H groups in total. The van der Waals surface area contributed by atoms with E-state index in [1.54, 1.807) is 0 Å². The van der Waals surface area contributed by atoms with E-state index < -0.39 is 5.54 Å². The minimum atomic E-state index is -0.656. The Morgan fingerprint density at radius 2 is 1.94 bits per heavy atom. The Morgan fingerprint density at radius 1 is 1.35 bits per heavy atom. The third-order valence-electron chi connectivity index (χ3n) is 3.05. The molecule has 0 amide bonds. The van der Waals surface area contributed by atoms with Crippen LogP contribution in [0.2, 0.25) is 0 Å². The molecule has 0 radical (unpaired) electrons. The Bertz CT molecular complexity index is 268. The quantitative estimate of drug-likeness (QED) is 0.722. The molecule has 17 heavy (non-hydrogen) atoms. The van der Waals surface area contributed by atoms with Crippen LogP contribution in [0.15, 0.2) is 0 Å². The van der Waals surface area contributed by atoms with Crippen molar-refractivity contribution in [1.29, 1.82) is 0 Å². The third-order valence-corrected chi connectivity index (χ3v) is 3.05. The summed E-state index contributed by atoms with van der Waals surface area (Å²) in [6.07, 6.45) is 2.13. The summed E-state index contributed by atoms with van der Waals surface area (Å²) in [5.41, 5.74) is -0.902. The predicted molar refractivity (Wildman–Crippen MR) is 66.9 cm³/mol. The van der Waals surface area contributed by atoms with Crippen molar-refractivity contribution in [3.05, 3.63) is 0 Å². The van der Waals surface area contributed by atoms with Gasteiger partial charge in [-0.05, 0) is 46.1 Å². The molecule has 0 saturated heterocycles. The van der Waals surface area contributed by atoms with Crippen molar-refractivity contribution < 1.29 is 14.3 Å². The van der Waals surface area contributed by atoms with Gasteiger partial charge in [0.15, 0.2) is 0 Å². The lowest BCUT2D eigenvalue weighted by atomic mass is 9.93. The maximum Gasteiger partial charge on any atom is 0.328 e. The van der Waals surface area contributed by atoms with Crippen molar-refractivity contribution in [3.8, 4) is 0 Å². The zero-order valence-electron chi connectivity index (χ0n) is 11.6. The standard InChI is InChI=1S/C13H25NO3/c1-6-14-13(10-7-8-10,11(15)16-5)9-17-12(2,3)4/h10,14H,6-9H2,1-5H3. The normalized spacial score (nSPS) is 19.8. The number of likely N-dealkylation sites (N-methyl/N-ethyl adjacent to an activating group) is 1. The number of hydrogen-bond donors (Lipinski definition) is 1. The van der Waals surface area contributed by atoms with Gasteiger partial charge in [-0.15, -0.1) is 0 Å². The van der Waals surface area contributed by atoms with E-state index in [0.29, 0.717) is 12.5 Å². The molecule has 1 aliphatic carbocycles. The predicted octanol–water partition coefficient (Wildman–Crippen LogP) is 1.73. The molecule has 1 atom stereocenters. The van der Waals surface area contributed by atoms with Gasteiger partial charge in [0.25, 0.3) is 0 Å². The van der Waals surface area contributed by atoms with Crippen molar-refractivity contribution in [1.82, 2.24) is 5.32 Å². The SMILES string of the molecule is CCNC(COC(C)(C)C)(C(=O)OC)C1CC1. The molecular formula is C13H25NO3. The molecule has 0 bridgehead atoms. The molecule has 0 aromatic carbocycles. The summed E-state index contributed by atoms with van der Waals surface area (Å²) in [5, 5.41) is 3.28. The summed E-state index contributed by atoms with van der Waals surface area (Å²) < 4.78 is 10.8. The van der Waals surface area contributed by atoms with Gasteiger partial charge in [0.05, 0.1) is 19.3 Å². The van der Waals surface area contributed by atoms with Crippen LogP contribution in [0.25, 0.3) is 0 Å². The molecule has 0 aromatic heterocycles. The second-order valence-electron chi connectivity index (χ2n) is 5.67. The number of ether oxygens (including phenoxy) is 2. The second kappa shape index (κ2) is 5.36. The van der Waals surface area contributed by atoms with Gasteiger partial charge in [0.1, 0.15) is 5.54 Å². The van der Waals surface area contributed by atoms with E-state index in [0.717, 1.165) is 19.4 Å². The molecule has 1 aliphatic rings. The van der Waals surface area contributed by atoms with Crippen LogP contribution in [-0.2, 0) is 14.3 Å². The maximum absolute atomic E-state index is 12.1. The highest BCUT2D eigenvalue weighted by atomic mass is 16.5. The second-order valence-corrected chi connectivity index (χ2v) is 5.67. The van der Waals surface area contributed by atoms with Gasteiger partial charge < -0.3 is 9.47 Å². The number of hydrogen-bond acceptors (Lipinski definition) is 4. The Labute approximate surface area is 104 Å². The average Bonchev–Trinajstić information content (AvgIpc) is 3.06. The van der Waals surface area contributed by atoms with Crippen LogP contribution in [0.3, 0.4) is 0 Å². The first-order chi connectivity index (χ1) is 7.85. The van der Waals surface area contributed by atoms with Crippen LogP contribution in [0.4, 0.5) is 0 Å². The Balaban J connectivity index is 2.79. The molecule has 0 aromatic rings. The van der Waals surface area contributed by atoms with Gasteiger partial charge in [-0.1, -0.05) is 6.92 Å². The van der Waals surface area contributed by atoms with Crippen LogP contribution in [-0.4, -0.2) is 37.4 Å². The molecule has 0 spiro atoms. The summed E-state index contributed by atoms with van der Waals surface area (Å²) in [6, 6.07) is 0. The topological polar surface area (TPSA) is 47.6 Å². The highest BCUT2D eigenvalue weighted by Gasteiger charge is 2.52. The molecule has 1 fully saturated rings. The summed E-state index contributed by atoms with van der Waals surface area (Å²) in [4.78, 5) is 12.1. The van der Waals surface area contributed by atoms with Crippen LogP contribution >= 0.6 is 0 Å². The van der Waals surface area contributed by atoms with E-state index in [2.05, 4.69) is 5.32 Å². The minimum Gasteiger partial charge on any atom is -0.468 e. The number of carbonyl (C=O) groups is 1. The molecule has 0 heterocycles. The lowest BCUT2D eigenvalue weighted by Gasteiger charge is -2.34. The fourth-order valence-electron chi connectivity index (χ4n) is 2.02. The highest BCUT2D eigenvalue weighted by Crippen LogP contribution is 2.41. The summed E-state index contributed by atoms with van der Waals surface area (Å²) >= 11 is 0. The first kappa shape index (κ1) is 14.5. The minimum absolute atomic E-state index is 0.203. The van der Waals surface area contributed by atoms with Gasteiger partial charge in [0, 0.05) is 0 Å². The van der Waals surface area contributed by atoms with Crippen LogP contribution in [0.1, 0.15) is 40.5 Å². The van der Waals surface area contributed by atoms with Crippen molar-refractivity contribution in [2.45, 2.75) is 51.7 Å². The number of rotatable bonds is 6. The molecule has 1 saturated carbocycles. The summed E-state index contributed by atoms with van der Waals surface area (Å²) in [7, 11) is 1.44. The van der Waals surface area contributed by atoms with E-state index in [9.17, 15) is 4.79 Å². The molecule has 1 rings (SSSR count). The van der Waals surface area contributed by atoms with Crippen molar-refractivity contribution in [3.63, 3.8) is 0 Å². The third kappa shape index (κ3) is 3.68. The van der Waals surface area contributed by atoms with E-state index in [4.69, 9.17) is 9.47 Å². The Kier molecular flexibility index (Phi) is 4.55. The van der Waals surface area contributed by atoms with E-state index in [-0.39, 0.29) is 11.6 Å². The Hall–Kier alpha value is -0.610. The van der Waals surface area contributed by atoms with Crippen LogP contribution in [0, 0.1) is 5.92 Å². The molecule has 100 valence electrons. The lowest BCUT2D eigenvalue weighted by Crippen LogP contribution is -2.58.